The number of thioether (sulfide) groups is 1. The van der Waals surface area contributed by atoms with E-state index >= 15 is 0 Å². The molecule has 19 heavy (non-hydrogen) atoms. The van der Waals surface area contributed by atoms with Gasteiger partial charge in [0.05, 0.1) is 0 Å². The topological polar surface area (TPSA) is 12.0 Å². The van der Waals surface area contributed by atoms with Gasteiger partial charge in [-0.3, -0.25) is 0 Å². The average Bonchev–Trinajstić information content (AvgIpc) is 2.43. The van der Waals surface area contributed by atoms with Crippen molar-refractivity contribution < 1.29 is 0 Å². The Morgan fingerprint density at radius 3 is 2.79 bits per heavy atom. The second kappa shape index (κ2) is 9.95. The van der Waals surface area contributed by atoms with Crippen LogP contribution in [-0.2, 0) is 0 Å². The maximum Gasteiger partial charge on any atom is 0.0170 e. The van der Waals surface area contributed by atoms with Gasteiger partial charge < -0.3 is 5.32 Å². The van der Waals surface area contributed by atoms with Crippen molar-refractivity contribution in [3.63, 3.8) is 0 Å². The van der Waals surface area contributed by atoms with E-state index in [9.17, 15) is 0 Å². The van der Waals surface area contributed by atoms with Crippen LogP contribution in [0.1, 0.15) is 38.7 Å². The molecule has 1 atom stereocenters. The van der Waals surface area contributed by atoms with Crippen molar-refractivity contribution in [3.05, 3.63) is 29.8 Å². The molecule has 0 aliphatic rings. The van der Waals surface area contributed by atoms with E-state index < -0.39 is 0 Å². The Bertz CT molecular complexity index is 417. The summed E-state index contributed by atoms with van der Waals surface area (Å²) in [7, 11) is 0. The van der Waals surface area contributed by atoms with Gasteiger partial charge in [0.2, 0.25) is 0 Å². The number of benzene rings is 1. The van der Waals surface area contributed by atoms with E-state index in [1.807, 2.05) is 18.7 Å². The Morgan fingerprint density at radius 2 is 2.11 bits per heavy atom. The molecule has 0 aliphatic heterocycles. The minimum atomic E-state index is 0.561. The third-order valence-corrected chi connectivity index (χ3v) is 4.35. The number of rotatable bonds is 8. The molecule has 0 spiro atoms. The first kappa shape index (κ1) is 16.1. The van der Waals surface area contributed by atoms with Crippen LogP contribution >= 0.6 is 11.8 Å². The molecule has 0 saturated carbocycles. The number of nitrogens with one attached hydrogen (secondary N) is 1. The molecule has 0 amide bonds. The highest BCUT2D eigenvalue weighted by Crippen LogP contribution is 2.23. The fraction of sp³-hybridized carbons (Fsp3) is 0.529. The maximum absolute atomic E-state index is 3.63. The van der Waals surface area contributed by atoms with Crippen molar-refractivity contribution in [2.24, 2.45) is 0 Å². The Labute approximate surface area is 122 Å². The summed E-state index contributed by atoms with van der Waals surface area (Å²) >= 11 is 1.95. The molecule has 1 unspecified atom stereocenters. The molecular formula is C17H25NS. The van der Waals surface area contributed by atoms with E-state index in [-0.39, 0.29) is 0 Å². The van der Waals surface area contributed by atoms with Crippen LogP contribution in [0.3, 0.4) is 0 Å². The van der Waals surface area contributed by atoms with Gasteiger partial charge in [0, 0.05) is 23.1 Å². The van der Waals surface area contributed by atoms with Crippen LogP contribution in [0.2, 0.25) is 0 Å². The van der Waals surface area contributed by atoms with E-state index in [1.54, 1.807) is 0 Å². The van der Waals surface area contributed by atoms with Crippen LogP contribution < -0.4 is 5.32 Å². The van der Waals surface area contributed by atoms with E-state index in [0.717, 1.165) is 25.1 Å². The summed E-state index contributed by atoms with van der Waals surface area (Å²) in [6.07, 6.45) is 3.32. The molecule has 1 N–H and O–H groups in total. The van der Waals surface area contributed by atoms with E-state index in [2.05, 4.69) is 55.3 Å². The minimum Gasteiger partial charge on any atom is -0.313 e. The van der Waals surface area contributed by atoms with Gasteiger partial charge in [0.15, 0.2) is 0 Å². The molecule has 0 bridgehead atoms. The second-order valence-electron chi connectivity index (χ2n) is 4.69. The number of aryl methyl sites for hydroxylation is 1. The van der Waals surface area contributed by atoms with Crippen LogP contribution in [-0.4, -0.2) is 18.3 Å². The quantitative estimate of drug-likeness (QED) is 0.562. The maximum atomic E-state index is 3.63. The summed E-state index contributed by atoms with van der Waals surface area (Å²) in [6, 6.07) is 9.17. The van der Waals surface area contributed by atoms with E-state index in [4.69, 9.17) is 0 Å². The number of hydrogen-bond acceptors (Lipinski definition) is 2. The lowest BCUT2D eigenvalue weighted by molar-refractivity contribution is 0.526. The molecule has 1 aromatic rings. The molecule has 0 heterocycles. The van der Waals surface area contributed by atoms with E-state index in [0.29, 0.717) is 6.04 Å². The molecule has 1 aromatic carbocycles. The predicted molar refractivity (Wildman–Crippen MR) is 86.7 cm³/mol. The summed E-state index contributed by atoms with van der Waals surface area (Å²) < 4.78 is 0. The Kier molecular flexibility index (Phi) is 8.45. The first-order chi connectivity index (χ1) is 9.27. The van der Waals surface area contributed by atoms with Gasteiger partial charge in [-0.05, 0) is 44.9 Å². The highest BCUT2D eigenvalue weighted by Gasteiger charge is 2.08. The second-order valence-corrected chi connectivity index (χ2v) is 5.75. The fourth-order valence-electron chi connectivity index (χ4n) is 1.87. The summed E-state index contributed by atoms with van der Waals surface area (Å²) in [5, 5.41) is 3.63. The largest absolute Gasteiger partial charge is 0.313 e. The molecule has 0 fully saturated rings. The fourth-order valence-corrected chi connectivity index (χ4v) is 3.01. The average molecular weight is 275 g/mol. The van der Waals surface area contributed by atoms with Crippen molar-refractivity contribution in [1.29, 1.82) is 0 Å². The standard InChI is InChI=1S/C17H25NS/c1-4-6-7-11-16(18-13-5-2)14-19-17-12-9-8-10-15(17)3/h8-10,12,16,18H,5,7,11,13-14H2,1-3H3. The summed E-state index contributed by atoms with van der Waals surface area (Å²) in [5.74, 6) is 7.26. The van der Waals surface area contributed by atoms with Crippen molar-refractivity contribution in [3.8, 4) is 11.8 Å². The van der Waals surface area contributed by atoms with Crippen LogP contribution in [0.15, 0.2) is 29.2 Å². The third kappa shape index (κ3) is 6.71. The molecule has 1 nitrogen and oxygen atoms in total. The molecule has 0 aliphatic carbocycles. The molecular weight excluding hydrogens is 250 g/mol. The lowest BCUT2D eigenvalue weighted by atomic mass is 10.2. The first-order valence-electron chi connectivity index (χ1n) is 7.09. The van der Waals surface area contributed by atoms with Gasteiger partial charge in [-0.2, -0.15) is 0 Å². The predicted octanol–water partition coefficient (Wildman–Crippen LogP) is 4.26. The zero-order chi connectivity index (χ0) is 13.9. The molecule has 0 aromatic heterocycles. The Hall–Kier alpha value is -0.910. The summed E-state index contributed by atoms with van der Waals surface area (Å²) in [4.78, 5) is 1.40. The monoisotopic (exact) mass is 275 g/mol. The lowest BCUT2D eigenvalue weighted by Gasteiger charge is -2.17. The van der Waals surface area contributed by atoms with Crippen LogP contribution in [0.5, 0.6) is 0 Å². The highest BCUT2D eigenvalue weighted by molar-refractivity contribution is 7.99. The van der Waals surface area contributed by atoms with Crippen LogP contribution in [0.4, 0.5) is 0 Å². The van der Waals surface area contributed by atoms with Gasteiger partial charge in [-0.25, -0.2) is 0 Å². The molecule has 0 saturated heterocycles. The van der Waals surface area contributed by atoms with Gasteiger partial charge >= 0.3 is 0 Å². The Balaban J connectivity index is 2.46. The SMILES string of the molecule is CC#CCCC(CSc1ccccc1C)NCCC. The van der Waals surface area contributed by atoms with Crippen molar-refractivity contribution in [2.45, 2.75) is 51.0 Å². The lowest BCUT2D eigenvalue weighted by Crippen LogP contribution is -2.31. The summed E-state index contributed by atoms with van der Waals surface area (Å²) in [5.41, 5.74) is 1.37. The van der Waals surface area contributed by atoms with Gasteiger partial charge in [-0.15, -0.1) is 23.6 Å². The zero-order valence-electron chi connectivity index (χ0n) is 12.3. The van der Waals surface area contributed by atoms with Crippen LogP contribution in [0, 0.1) is 18.8 Å². The van der Waals surface area contributed by atoms with Gasteiger partial charge in [-0.1, -0.05) is 25.1 Å². The summed E-state index contributed by atoms with van der Waals surface area (Å²) in [6.45, 7) is 7.40. The molecule has 2 heteroatoms. The van der Waals surface area contributed by atoms with E-state index in [1.165, 1.54) is 16.9 Å². The van der Waals surface area contributed by atoms with Crippen molar-refractivity contribution in [1.82, 2.24) is 5.32 Å². The zero-order valence-corrected chi connectivity index (χ0v) is 13.1. The van der Waals surface area contributed by atoms with Gasteiger partial charge in [0.1, 0.15) is 0 Å². The Morgan fingerprint density at radius 1 is 1.32 bits per heavy atom. The van der Waals surface area contributed by atoms with Crippen molar-refractivity contribution in [2.75, 3.05) is 12.3 Å². The minimum absolute atomic E-state index is 0.561. The van der Waals surface area contributed by atoms with Crippen molar-refractivity contribution >= 4 is 11.8 Å². The van der Waals surface area contributed by atoms with Gasteiger partial charge in [0.25, 0.3) is 0 Å². The first-order valence-corrected chi connectivity index (χ1v) is 8.08. The van der Waals surface area contributed by atoms with Crippen LogP contribution in [0.25, 0.3) is 0 Å². The normalized spacial score (nSPS) is 11.7. The highest BCUT2D eigenvalue weighted by atomic mass is 32.2. The number of hydrogen-bond donors (Lipinski definition) is 1. The third-order valence-electron chi connectivity index (χ3n) is 3.01. The molecule has 104 valence electrons. The molecule has 1 rings (SSSR count). The molecule has 0 radical (unpaired) electrons. The smallest absolute Gasteiger partial charge is 0.0170 e.